The number of nitrogens with zero attached hydrogens (tertiary/aromatic N) is 4. The molecule has 0 saturated heterocycles. The zero-order valence-electron chi connectivity index (χ0n) is 13.1. The maximum absolute atomic E-state index is 5.82. The summed E-state index contributed by atoms with van der Waals surface area (Å²) in [6.07, 6.45) is 1.68. The van der Waals surface area contributed by atoms with Crippen LogP contribution in [0.3, 0.4) is 0 Å². The van der Waals surface area contributed by atoms with Crippen LogP contribution in [0.15, 0.2) is 69.4 Å². The van der Waals surface area contributed by atoms with Crippen molar-refractivity contribution in [2.24, 2.45) is 15.9 Å². The summed E-state index contributed by atoms with van der Waals surface area (Å²) in [6.45, 7) is 0. The molecule has 0 aliphatic heterocycles. The van der Waals surface area contributed by atoms with Gasteiger partial charge in [-0.15, -0.1) is 5.10 Å². The zero-order chi connectivity index (χ0) is 17.2. The number of amidine groups is 1. The van der Waals surface area contributed by atoms with Gasteiger partial charge >= 0.3 is 0 Å². The van der Waals surface area contributed by atoms with Crippen molar-refractivity contribution in [1.82, 2.24) is 10.3 Å². The summed E-state index contributed by atoms with van der Waals surface area (Å²) >= 11 is 0. The lowest BCUT2D eigenvalue weighted by atomic mass is 9.97. The van der Waals surface area contributed by atoms with Crippen LogP contribution >= 0.6 is 0 Å². The predicted octanol–water partition coefficient (Wildman–Crippen LogP) is 2.70. The Labute approximate surface area is 142 Å². The molecule has 0 atom stereocenters. The second-order valence-electron chi connectivity index (χ2n) is 5.46. The molecule has 4 rings (SSSR count). The van der Waals surface area contributed by atoms with Gasteiger partial charge in [-0.2, -0.15) is 5.10 Å². The SMILES string of the molecule is NC(=NN=Cc1c2ccccc2cc2ccccc12)c1nonc1N. The molecule has 0 radical (unpaired) electrons. The fourth-order valence-electron chi connectivity index (χ4n) is 2.76. The standard InChI is InChI=1S/C18H14N6O/c19-17(16-18(20)24-25-23-16)22-21-10-15-13-7-3-1-5-11(13)9-12-6-2-4-8-14(12)15/h1-10H,(H2,19,22)(H2,20,24). The summed E-state index contributed by atoms with van der Waals surface area (Å²) in [5, 5.41) is 19.6. The maximum atomic E-state index is 5.82. The van der Waals surface area contributed by atoms with Gasteiger partial charge in [0.2, 0.25) is 0 Å². The molecule has 0 unspecified atom stereocenters. The van der Waals surface area contributed by atoms with Gasteiger partial charge in [0.05, 0.1) is 6.21 Å². The Kier molecular flexibility index (Phi) is 3.59. The van der Waals surface area contributed by atoms with E-state index in [1.165, 1.54) is 0 Å². The molecular formula is C18H14N6O. The van der Waals surface area contributed by atoms with Crippen LogP contribution in [-0.2, 0) is 0 Å². The molecule has 7 nitrogen and oxygen atoms in total. The van der Waals surface area contributed by atoms with E-state index >= 15 is 0 Å². The molecule has 0 saturated carbocycles. The van der Waals surface area contributed by atoms with E-state index in [0.29, 0.717) is 0 Å². The van der Waals surface area contributed by atoms with E-state index in [2.05, 4.69) is 55.5 Å². The monoisotopic (exact) mass is 330 g/mol. The first-order chi connectivity index (χ1) is 12.2. The number of nitrogens with two attached hydrogens (primary N) is 2. The Morgan fingerprint density at radius 2 is 1.60 bits per heavy atom. The highest BCUT2D eigenvalue weighted by Crippen LogP contribution is 2.27. The van der Waals surface area contributed by atoms with Crippen molar-refractivity contribution in [3.8, 4) is 0 Å². The molecule has 3 aromatic carbocycles. The van der Waals surface area contributed by atoms with Gasteiger partial charge in [-0.1, -0.05) is 48.5 Å². The molecule has 0 aliphatic carbocycles. The summed E-state index contributed by atoms with van der Waals surface area (Å²) in [5.41, 5.74) is 12.6. The van der Waals surface area contributed by atoms with Crippen LogP contribution < -0.4 is 11.5 Å². The Morgan fingerprint density at radius 1 is 0.960 bits per heavy atom. The molecule has 0 bridgehead atoms. The molecule has 4 N–H and O–H groups in total. The van der Waals surface area contributed by atoms with Gasteiger partial charge in [-0.05, 0) is 37.9 Å². The minimum atomic E-state index is 0.0412. The third kappa shape index (κ3) is 2.67. The number of benzene rings is 3. The molecule has 1 aromatic heterocycles. The highest BCUT2D eigenvalue weighted by molar-refractivity contribution is 6.13. The van der Waals surface area contributed by atoms with Gasteiger partial charge in [-0.3, -0.25) is 0 Å². The summed E-state index contributed by atoms with van der Waals surface area (Å²) in [5.74, 6) is 0.117. The maximum Gasteiger partial charge on any atom is 0.199 e. The number of rotatable bonds is 3. The van der Waals surface area contributed by atoms with E-state index in [1.54, 1.807) is 6.21 Å². The fourth-order valence-corrected chi connectivity index (χ4v) is 2.76. The first kappa shape index (κ1) is 14.8. The fraction of sp³-hybridized carbons (Fsp3) is 0. The third-order valence-electron chi connectivity index (χ3n) is 3.92. The number of hydrogen-bond acceptors (Lipinski definition) is 6. The second-order valence-corrected chi connectivity index (χ2v) is 5.46. The molecule has 0 amide bonds. The average molecular weight is 330 g/mol. The first-order valence-corrected chi connectivity index (χ1v) is 7.59. The lowest BCUT2D eigenvalue weighted by molar-refractivity contribution is 0.308. The third-order valence-corrected chi connectivity index (χ3v) is 3.92. The summed E-state index contributed by atoms with van der Waals surface area (Å²) < 4.78 is 4.51. The predicted molar refractivity (Wildman–Crippen MR) is 98.5 cm³/mol. The number of nitrogen functional groups attached to an aromatic ring is 1. The van der Waals surface area contributed by atoms with E-state index in [-0.39, 0.29) is 17.3 Å². The van der Waals surface area contributed by atoms with Crippen molar-refractivity contribution in [2.75, 3.05) is 5.73 Å². The van der Waals surface area contributed by atoms with E-state index in [1.807, 2.05) is 24.3 Å². The quantitative estimate of drug-likeness (QED) is 0.259. The van der Waals surface area contributed by atoms with Crippen LogP contribution in [0.25, 0.3) is 21.5 Å². The Balaban J connectivity index is 1.83. The molecule has 0 fully saturated rings. The molecular weight excluding hydrogens is 316 g/mol. The lowest BCUT2D eigenvalue weighted by Gasteiger charge is -2.07. The number of aromatic nitrogens is 2. The summed E-state index contributed by atoms with van der Waals surface area (Å²) in [4.78, 5) is 0. The molecule has 1 heterocycles. The average Bonchev–Trinajstić information content (AvgIpc) is 3.07. The van der Waals surface area contributed by atoms with Crippen molar-refractivity contribution in [2.45, 2.75) is 0 Å². The summed E-state index contributed by atoms with van der Waals surface area (Å²) in [7, 11) is 0. The number of hydrogen-bond donors (Lipinski definition) is 2. The van der Waals surface area contributed by atoms with Crippen LogP contribution in [0.5, 0.6) is 0 Å². The van der Waals surface area contributed by atoms with Crippen molar-refractivity contribution in [1.29, 1.82) is 0 Å². The summed E-state index contributed by atoms with van der Waals surface area (Å²) in [6, 6.07) is 18.4. The van der Waals surface area contributed by atoms with Gasteiger partial charge in [0.1, 0.15) is 0 Å². The Hall–Kier alpha value is -3.74. The molecule has 25 heavy (non-hydrogen) atoms. The van der Waals surface area contributed by atoms with Crippen molar-refractivity contribution in [3.05, 3.63) is 65.9 Å². The molecule has 122 valence electrons. The van der Waals surface area contributed by atoms with E-state index in [0.717, 1.165) is 27.1 Å². The number of fused-ring (bicyclic) bond motifs is 2. The van der Waals surface area contributed by atoms with E-state index in [4.69, 9.17) is 11.5 Å². The molecule has 0 aliphatic rings. The molecule has 4 aromatic rings. The second kappa shape index (κ2) is 6.04. The highest BCUT2D eigenvalue weighted by atomic mass is 16.6. The van der Waals surface area contributed by atoms with Crippen LogP contribution in [0, 0.1) is 0 Å². The highest BCUT2D eigenvalue weighted by Gasteiger charge is 2.10. The van der Waals surface area contributed by atoms with Crippen molar-refractivity contribution >= 4 is 39.4 Å². The zero-order valence-corrected chi connectivity index (χ0v) is 13.1. The minimum absolute atomic E-state index is 0.0412. The van der Waals surface area contributed by atoms with Crippen LogP contribution in [0.4, 0.5) is 5.82 Å². The topological polar surface area (TPSA) is 116 Å². The Bertz CT molecular complexity index is 1070. The molecule has 0 spiro atoms. The van der Waals surface area contributed by atoms with Crippen LogP contribution in [0.1, 0.15) is 11.3 Å². The van der Waals surface area contributed by atoms with E-state index in [9.17, 15) is 0 Å². The van der Waals surface area contributed by atoms with Gasteiger partial charge in [0, 0.05) is 5.56 Å². The van der Waals surface area contributed by atoms with E-state index < -0.39 is 0 Å². The van der Waals surface area contributed by atoms with Crippen molar-refractivity contribution < 1.29 is 4.63 Å². The van der Waals surface area contributed by atoms with Gasteiger partial charge in [0.25, 0.3) is 0 Å². The Morgan fingerprint density at radius 3 is 2.20 bits per heavy atom. The smallest absolute Gasteiger partial charge is 0.199 e. The normalized spacial score (nSPS) is 12.4. The first-order valence-electron chi connectivity index (χ1n) is 7.59. The van der Waals surface area contributed by atoms with Crippen LogP contribution in [-0.4, -0.2) is 22.4 Å². The lowest BCUT2D eigenvalue weighted by Crippen LogP contribution is -2.15. The number of anilines is 1. The largest absolute Gasteiger partial charge is 0.380 e. The van der Waals surface area contributed by atoms with Crippen LogP contribution in [0.2, 0.25) is 0 Å². The molecule has 7 heteroatoms. The van der Waals surface area contributed by atoms with Crippen molar-refractivity contribution in [3.63, 3.8) is 0 Å². The van der Waals surface area contributed by atoms with Gasteiger partial charge < -0.3 is 11.5 Å². The van der Waals surface area contributed by atoms with Gasteiger partial charge in [-0.25, -0.2) is 4.63 Å². The minimum Gasteiger partial charge on any atom is -0.380 e. The van der Waals surface area contributed by atoms with Gasteiger partial charge in [0.15, 0.2) is 17.3 Å².